The molecule has 3 fully saturated rings. The van der Waals surface area contributed by atoms with E-state index in [0.29, 0.717) is 6.42 Å². The molecule has 0 heterocycles. The van der Waals surface area contributed by atoms with E-state index in [9.17, 15) is 13.9 Å². The first-order valence-corrected chi connectivity index (χ1v) is 6.58. The van der Waals surface area contributed by atoms with Gasteiger partial charge in [-0.1, -0.05) is 11.1 Å². The molecule has 88 valence electrons. The van der Waals surface area contributed by atoms with E-state index in [0.717, 1.165) is 12.8 Å². The minimum atomic E-state index is -1.99. The van der Waals surface area contributed by atoms with Crippen molar-refractivity contribution >= 4 is 11.1 Å². The lowest BCUT2D eigenvalue weighted by Crippen LogP contribution is -2.60. The Bertz CT molecular complexity index is 271. The van der Waals surface area contributed by atoms with Gasteiger partial charge in [0, 0.05) is 11.3 Å². The molecule has 15 heavy (non-hydrogen) atoms. The minimum Gasteiger partial charge on any atom is -0.772 e. The zero-order chi connectivity index (χ0) is 11.2. The van der Waals surface area contributed by atoms with E-state index in [1.165, 1.54) is 0 Å². The summed E-state index contributed by atoms with van der Waals surface area (Å²) in [6.07, 6.45) is 2.21. The van der Waals surface area contributed by atoms with Gasteiger partial charge < -0.3 is 14.6 Å². The van der Waals surface area contributed by atoms with E-state index in [4.69, 9.17) is 0 Å². The predicted molar refractivity (Wildman–Crippen MR) is 57.0 cm³/mol. The summed E-state index contributed by atoms with van der Waals surface area (Å²) in [5.41, 5.74) is 0. The molecular formula is C10H18NO3S-. The Morgan fingerprint density at radius 2 is 2.07 bits per heavy atom. The van der Waals surface area contributed by atoms with Gasteiger partial charge in [-0.3, -0.25) is 4.21 Å². The number of hydrogen-bond acceptors (Lipinski definition) is 4. The van der Waals surface area contributed by atoms with Crippen LogP contribution in [0.25, 0.3) is 0 Å². The van der Waals surface area contributed by atoms with Crippen molar-refractivity contribution < 1.29 is 13.9 Å². The topological polar surface area (TPSA) is 63.6 Å². The molecule has 3 rings (SSSR count). The second-order valence-electron chi connectivity index (χ2n) is 4.98. The smallest absolute Gasteiger partial charge is 0.0726 e. The van der Waals surface area contributed by atoms with Gasteiger partial charge in [-0.05, 0) is 45.2 Å². The molecule has 0 aliphatic heterocycles. The molecule has 6 unspecified atom stereocenters. The first-order valence-electron chi connectivity index (χ1n) is 5.45. The van der Waals surface area contributed by atoms with Crippen molar-refractivity contribution in [2.75, 3.05) is 14.1 Å². The van der Waals surface area contributed by atoms with Crippen LogP contribution in [0, 0.1) is 11.8 Å². The van der Waals surface area contributed by atoms with Crippen LogP contribution in [-0.2, 0) is 11.1 Å². The second-order valence-corrected chi connectivity index (χ2v) is 6.11. The van der Waals surface area contributed by atoms with E-state index in [2.05, 4.69) is 0 Å². The van der Waals surface area contributed by atoms with E-state index in [1.54, 1.807) is 0 Å². The maximum Gasteiger partial charge on any atom is 0.0726 e. The summed E-state index contributed by atoms with van der Waals surface area (Å²) in [5.74, 6) is 0.281. The number of likely N-dealkylation sites (N-methyl/N-ethyl adjacent to an activating group) is 1. The molecular weight excluding hydrogens is 214 g/mol. The van der Waals surface area contributed by atoms with Crippen LogP contribution in [0.1, 0.15) is 19.3 Å². The SMILES string of the molecule is CN(C)C1C(O)C2CCC1C(S(=O)[O-])C2. The highest BCUT2D eigenvalue weighted by atomic mass is 32.2. The number of aliphatic hydroxyl groups is 1. The molecule has 3 aliphatic carbocycles. The van der Waals surface area contributed by atoms with E-state index >= 15 is 0 Å². The third-order valence-corrected chi connectivity index (χ3v) is 5.03. The van der Waals surface area contributed by atoms with Crippen LogP contribution in [0.2, 0.25) is 0 Å². The minimum absolute atomic E-state index is 0.0143. The highest BCUT2D eigenvalue weighted by Gasteiger charge is 2.49. The predicted octanol–water partition coefficient (Wildman–Crippen LogP) is -0.0449. The first-order chi connectivity index (χ1) is 7.02. The Morgan fingerprint density at radius 3 is 2.60 bits per heavy atom. The van der Waals surface area contributed by atoms with Gasteiger partial charge >= 0.3 is 0 Å². The Balaban J connectivity index is 2.22. The maximum absolute atomic E-state index is 11.1. The number of aliphatic hydroxyl groups excluding tert-OH is 1. The fourth-order valence-electron chi connectivity index (χ4n) is 3.33. The van der Waals surface area contributed by atoms with Gasteiger partial charge in [0.2, 0.25) is 0 Å². The molecule has 4 nitrogen and oxygen atoms in total. The van der Waals surface area contributed by atoms with Crippen LogP contribution in [-0.4, -0.2) is 50.3 Å². The molecule has 0 aromatic rings. The average molecular weight is 232 g/mol. The molecule has 5 heteroatoms. The van der Waals surface area contributed by atoms with Crippen LogP contribution in [0.4, 0.5) is 0 Å². The van der Waals surface area contributed by atoms with Crippen LogP contribution >= 0.6 is 0 Å². The van der Waals surface area contributed by atoms with Gasteiger partial charge in [0.1, 0.15) is 0 Å². The van der Waals surface area contributed by atoms with Gasteiger partial charge in [-0.2, -0.15) is 0 Å². The third kappa shape index (κ3) is 1.86. The largest absolute Gasteiger partial charge is 0.772 e. The normalized spacial score (nSPS) is 47.1. The Kier molecular flexibility index (Phi) is 3.17. The molecule has 6 atom stereocenters. The zero-order valence-corrected chi connectivity index (χ0v) is 9.94. The Morgan fingerprint density at radius 1 is 1.40 bits per heavy atom. The summed E-state index contributed by atoms with van der Waals surface area (Å²) in [5, 5.41) is 9.84. The quantitative estimate of drug-likeness (QED) is 0.678. The molecule has 0 saturated heterocycles. The monoisotopic (exact) mass is 232 g/mol. The van der Waals surface area contributed by atoms with Crippen LogP contribution in [0.15, 0.2) is 0 Å². The second kappa shape index (κ2) is 4.13. The van der Waals surface area contributed by atoms with Crippen molar-refractivity contribution in [3.05, 3.63) is 0 Å². The lowest BCUT2D eigenvalue weighted by atomic mass is 9.65. The molecule has 2 bridgehead atoms. The van der Waals surface area contributed by atoms with Crippen molar-refractivity contribution in [1.82, 2.24) is 4.90 Å². The van der Waals surface area contributed by atoms with Crippen molar-refractivity contribution in [3.8, 4) is 0 Å². The lowest BCUT2D eigenvalue weighted by Gasteiger charge is -2.53. The summed E-state index contributed by atoms with van der Waals surface area (Å²) < 4.78 is 22.2. The van der Waals surface area contributed by atoms with Gasteiger partial charge in [-0.15, -0.1) is 0 Å². The summed E-state index contributed by atoms with van der Waals surface area (Å²) in [6.45, 7) is 0. The van der Waals surface area contributed by atoms with Crippen molar-refractivity contribution in [2.45, 2.75) is 36.7 Å². The molecule has 1 N–H and O–H groups in total. The Labute approximate surface area is 92.9 Å². The highest BCUT2D eigenvalue weighted by molar-refractivity contribution is 7.79. The number of fused-ring (bicyclic) bond motifs is 3. The lowest BCUT2D eigenvalue weighted by molar-refractivity contribution is -0.0654. The van der Waals surface area contributed by atoms with Crippen LogP contribution < -0.4 is 0 Å². The third-order valence-electron chi connectivity index (χ3n) is 4.00. The maximum atomic E-state index is 11.1. The molecule has 0 spiro atoms. The van der Waals surface area contributed by atoms with E-state index < -0.39 is 11.1 Å². The first kappa shape index (κ1) is 11.5. The molecule has 3 saturated carbocycles. The molecule has 0 aromatic heterocycles. The highest BCUT2D eigenvalue weighted by Crippen LogP contribution is 2.44. The van der Waals surface area contributed by atoms with Crippen LogP contribution in [0.5, 0.6) is 0 Å². The zero-order valence-electron chi connectivity index (χ0n) is 9.13. The van der Waals surface area contributed by atoms with E-state index in [-0.39, 0.29) is 29.2 Å². The molecule has 0 amide bonds. The number of hydrogen-bond donors (Lipinski definition) is 1. The fourth-order valence-corrected chi connectivity index (χ4v) is 4.31. The molecule has 3 aliphatic rings. The summed E-state index contributed by atoms with van der Waals surface area (Å²) in [4.78, 5) is 1.97. The van der Waals surface area contributed by atoms with Crippen molar-refractivity contribution in [3.63, 3.8) is 0 Å². The number of nitrogens with zero attached hydrogens (tertiary/aromatic N) is 1. The van der Waals surface area contributed by atoms with Crippen molar-refractivity contribution in [2.24, 2.45) is 11.8 Å². The van der Waals surface area contributed by atoms with Gasteiger partial charge in [0.15, 0.2) is 0 Å². The fraction of sp³-hybridized carbons (Fsp3) is 1.00. The van der Waals surface area contributed by atoms with Gasteiger partial charge in [0.05, 0.1) is 6.10 Å². The van der Waals surface area contributed by atoms with Crippen molar-refractivity contribution in [1.29, 1.82) is 0 Å². The van der Waals surface area contributed by atoms with Gasteiger partial charge in [-0.25, -0.2) is 0 Å². The number of rotatable bonds is 2. The van der Waals surface area contributed by atoms with Gasteiger partial charge in [0.25, 0.3) is 0 Å². The standard InChI is InChI=1S/C10H19NO3S/c1-11(2)9-7-4-3-6(10(9)12)5-8(7)15(13)14/h6-10,12H,3-5H2,1-2H3,(H,13,14)/p-1. The van der Waals surface area contributed by atoms with Crippen LogP contribution in [0.3, 0.4) is 0 Å². The van der Waals surface area contributed by atoms with E-state index in [1.807, 2.05) is 19.0 Å². The molecule has 0 radical (unpaired) electrons. The summed E-state index contributed by atoms with van der Waals surface area (Å²) in [6, 6.07) is 0.0143. The Hall–Kier alpha value is 0.0300. The summed E-state index contributed by atoms with van der Waals surface area (Å²) in [7, 11) is 3.83. The average Bonchev–Trinajstić information content (AvgIpc) is 2.17. The molecule has 0 aromatic carbocycles. The summed E-state index contributed by atoms with van der Waals surface area (Å²) >= 11 is -1.99.